The SMILES string of the molecule is CC1CCCN(C(=O)C(C)(C)CCl)CC1. The van der Waals surface area contributed by atoms with Crippen LogP contribution < -0.4 is 0 Å². The molecule has 0 aromatic heterocycles. The van der Waals surface area contributed by atoms with Gasteiger partial charge in [-0.25, -0.2) is 0 Å². The molecule has 1 aliphatic rings. The number of likely N-dealkylation sites (tertiary alicyclic amines) is 1. The summed E-state index contributed by atoms with van der Waals surface area (Å²) >= 11 is 5.83. The monoisotopic (exact) mass is 231 g/mol. The van der Waals surface area contributed by atoms with Crippen molar-refractivity contribution < 1.29 is 4.79 Å². The maximum atomic E-state index is 12.2. The summed E-state index contributed by atoms with van der Waals surface area (Å²) in [6, 6.07) is 0. The Morgan fingerprint density at radius 3 is 2.67 bits per heavy atom. The minimum atomic E-state index is -0.408. The molecular weight excluding hydrogens is 210 g/mol. The van der Waals surface area contributed by atoms with Crippen LogP contribution >= 0.6 is 11.6 Å². The largest absolute Gasteiger partial charge is 0.342 e. The lowest BCUT2D eigenvalue weighted by molar-refractivity contribution is -0.139. The van der Waals surface area contributed by atoms with E-state index in [2.05, 4.69) is 6.92 Å². The summed E-state index contributed by atoms with van der Waals surface area (Å²) in [5.41, 5.74) is -0.408. The van der Waals surface area contributed by atoms with Crippen LogP contribution in [0, 0.1) is 11.3 Å². The fourth-order valence-electron chi connectivity index (χ4n) is 1.95. The van der Waals surface area contributed by atoms with Gasteiger partial charge in [-0.3, -0.25) is 4.79 Å². The van der Waals surface area contributed by atoms with Crippen molar-refractivity contribution in [2.75, 3.05) is 19.0 Å². The van der Waals surface area contributed by atoms with Crippen LogP contribution in [0.3, 0.4) is 0 Å². The smallest absolute Gasteiger partial charge is 0.229 e. The number of carbonyl (C=O) groups is 1. The fraction of sp³-hybridized carbons (Fsp3) is 0.917. The molecule has 0 radical (unpaired) electrons. The Hall–Kier alpha value is -0.240. The normalized spacial score (nSPS) is 23.7. The predicted molar refractivity (Wildman–Crippen MR) is 64.1 cm³/mol. The summed E-state index contributed by atoms with van der Waals surface area (Å²) in [6.45, 7) is 7.93. The van der Waals surface area contributed by atoms with Gasteiger partial charge >= 0.3 is 0 Å². The van der Waals surface area contributed by atoms with Crippen LogP contribution in [0.1, 0.15) is 40.0 Å². The maximum absolute atomic E-state index is 12.2. The molecule has 1 fully saturated rings. The van der Waals surface area contributed by atoms with E-state index in [1.807, 2.05) is 18.7 Å². The van der Waals surface area contributed by atoms with Crippen molar-refractivity contribution in [3.05, 3.63) is 0 Å². The second-order valence-electron chi connectivity index (χ2n) is 5.35. The molecule has 0 spiro atoms. The standard InChI is InChI=1S/C12H22ClNO/c1-10-5-4-7-14(8-6-10)11(15)12(2,3)9-13/h10H,4-9H2,1-3H3. The molecule has 1 heterocycles. The molecule has 0 bridgehead atoms. The lowest BCUT2D eigenvalue weighted by Gasteiger charge is -2.29. The first-order valence-electron chi connectivity index (χ1n) is 5.82. The number of rotatable bonds is 2. The third kappa shape index (κ3) is 3.37. The minimum absolute atomic E-state index is 0.214. The summed E-state index contributed by atoms with van der Waals surface area (Å²) in [4.78, 5) is 14.1. The topological polar surface area (TPSA) is 20.3 Å². The predicted octanol–water partition coefficient (Wildman–Crippen LogP) is 2.90. The molecule has 15 heavy (non-hydrogen) atoms. The van der Waals surface area contributed by atoms with E-state index >= 15 is 0 Å². The Bertz CT molecular complexity index is 228. The molecule has 1 rings (SSSR count). The number of nitrogens with zero attached hydrogens (tertiary/aromatic N) is 1. The van der Waals surface area contributed by atoms with Gasteiger partial charge in [-0.15, -0.1) is 11.6 Å². The van der Waals surface area contributed by atoms with Crippen molar-refractivity contribution in [3.63, 3.8) is 0 Å². The van der Waals surface area contributed by atoms with E-state index in [0.717, 1.165) is 31.8 Å². The first-order valence-corrected chi connectivity index (χ1v) is 6.36. The number of hydrogen-bond acceptors (Lipinski definition) is 1. The molecule has 1 aliphatic heterocycles. The van der Waals surface area contributed by atoms with Crippen LogP contribution in [0.25, 0.3) is 0 Å². The third-order valence-corrected chi connectivity index (χ3v) is 3.89. The molecule has 88 valence electrons. The zero-order chi connectivity index (χ0) is 11.5. The van der Waals surface area contributed by atoms with E-state index < -0.39 is 5.41 Å². The van der Waals surface area contributed by atoms with Crippen molar-refractivity contribution in [2.45, 2.75) is 40.0 Å². The summed E-state index contributed by atoms with van der Waals surface area (Å²) in [7, 11) is 0. The second-order valence-corrected chi connectivity index (χ2v) is 5.61. The van der Waals surface area contributed by atoms with Gasteiger partial charge in [-0.1, -0.05) is 6.92 Å². The highest BCUT2D eigenvalue weighted by atomic mass is 35.5. The van der Waals surface area contributed by atoms with Crippen molar-refractivity contribution in [2.24, 2.45) is 11.3 Å². The van der Waals surface area contributed by atoms with Crippen molar-refractivity contribution in [1.82, 2.24) is 4.90 Å². The molecule has 0 aliphatic carbocycles. The van der Waals surface area contributed by atoms with Gasteiger partial charge < -0.3 is 4.90 Å². The Labute approximate surface area is 98.0 Å². The van der Waals surface area contributed by atoms with Gasteiger partial charge in [0.15, 0.2) is 0 Å². The molecule has 1 amide bonds. The van der Waals surface area contributed by atoms with E-state index in [9.17, 15) is 4.79 Å². The van der Waals surface area contributed by atoms with Crippen LogP contribution in [0.15, 0.2) is 0 Å². The van der Waals surface area contributed by atoms with Gasteiger partial charge in [-0.05, 0) is 39.0 Å². The Balaban J connectivity index is 2.59. The van der Waals surface area contributed by atoms with Gasteiger partial charge in [0.1, 0.15) is 0 Å². The Morgan fingerprint density at radius 2 is 2.07 bits per heavy atom. The Morgan fingerprint density at radius 1 is 1.40 bits per heavy atom. The zero-order valence-corrected chi connectivity index (χ0v) is 10.8. The molecule has 1 unspecified atom stereocenters. The Kier molecular flexibility index (Phi) is 4.45. The van der Waals surface area contributed by atoms with Crippen LogP contribution in [0.2, 0.25) is 0 Å². The first kappa shape index (κ1) is 12.8. The summed E-state index contributed by atoms with van der Waals surface area (Å²) in [5.74, 6) is 1.37. The van der Waals surface area contributed by atoms with Gasteiger partial charge in [0.25, 0.3) is 0 Å². The molecule has 1 saturated heterocycles. The number of hydrogen-bond donors (Lipinski definition) is 0. The molecule has 3 heteroatoms. The molecule has 0 saturated carbocycles. The summed E-state index contributed by atoms with van der Waals surface area (Å²) < 4.78 is 0. The zero-order valence-electron chi connectivity index (χ0n) is 10.1. The van der Waals surface area contributed by atoms with Crippen LogP contribution in [-0.4, -0.2) is 29.8 Å². The van der Waals surface area contributed by atoms with E-state index in [4.69, 9.17) is 11.6 Å². The quantitative estimate of drug-likeness (QED) is 0.670. The molecular formula is C12H22ClNO. The molecule has 2 nitrogen and oxygen atoms in total. The highest BCUT2D eigenvalue weighted by Crippen LogP contribution is 2.24. The highest BCUT2D eigenvalue weighted by molar-refractivity contribution is 6.19. The van der Waals surface area contributed by atoms with Crippen LogP contribution in [-0.2, 0) is 4.79 Å². The van der Waals surface area contributed by atoms with Crippen molar-refractivity contribution in [3.8, 4) is 0 Å². The number of alkyl halides is 1. The summed E-state index contributed by atoms with van der Waals surface area (Å²) in [5, 5.41) is 0. The average molecular weight is 232 g/mol. The number of amides is 1. The maximum Gasteiger partial charge on any atom is 0.229 e. The van der Waals surface area contributed by atoms with Gasteiger partial charge in [0.2, 0.25) is 5.91 Å². The molecule has 0 aromatic carbocycles. The van der Waals surface area contributed by atoms with E-state index in [-0.39, 0.29) is 5.91 Å². The molecule has 0 N–H and O–H groups in total. The van der Waals surface area contributed by atoms with E-state index in [1.54, 1.807) is 0 Å². The minimum Gasteiger partial charge on any atom is -0.342 e. The van der Waals surface area contributed by atoms with Gasteiger partial charge in [0, 0.05) is 19.0 Å². The first-order chi connectivity index (χ1) is 6.97. The number of halogens is 1. The second kappa shape index (κ2) is 5.20. The van der Waals surface area contributed by atoms with E-state index in [1.165, 1.54) is 6.42 Å². The third-order valence-electron chi connectivity index (χ3n) is 3.22. The lowest BCUT2D eigenvalue weighted by Crippen LogP contribution is -2.42. The number of carbonyl (C=O) groups excluding carboxylic acids is 1. The van der Waals surface area contributed by atoms with Crippen LogP contribution in [0.5, 0.6) is 0 Å². The average Bonchev–Trinajstić information content (AvgIpc) is 2.42. The van der Waals surface area contributed by atoms with Crippen LogP contribution in [0.4, 0.5) is 0 Å². The lowest BCUT2D eigenvalue weighted by atomic mass is 9.94. The van der Waals surface area contributed by atoms with E-state index in [0.29, 0.717) is 5.88 Å². The van der Waals surface area contributed by atoms with Crippen molar-refractivity contribution in [1.29, 1.82) is 0 Å². The molecule has 0 aromatic rings. The molecule has 1 atom stereocenters. The van der Waals surface area contributed by atoms with Crippen molar-refractivity contribution >= 4 is 17.5 Å². The fourth-order valence-corrected chi connectivity index (χ4v) is 2.07. The van der Waals surface area contributed by atoms with Gasteiger partial charge in [0.05, 0.1) is 5.41 Å². The van der Waals surface area contributed by atoms with Gasteiger partial charge in [-0.2, -0.15) is 0 Å². The summed E-state index contributed by atoms with van der Waals surface area (Å²) in [6.07, 6.45) is 3.50. The highest BCUT2D eigenvalue weighted by Gasteiger charge is 2.31.